The number of nitrogens with one attached hydrogen (secondary N) is 1. The van der Waals surface area contributed by atoms with E-state index in [1.807, 2.05) is 66.7 Å². The standard InChI is InChI=1S/C25H24N2O3S/c26-15-16-27-25(28)24(19-31(29,30)18-21-7-3-1-4-8-21)17-20-11-13-23(14-12-20)22-9-5-2-6-10-22/h1-14,24H,16-19H2,(H,27,28). The fourth-order valence-electron chi connectivity index (χ4n) is 3.44. The lowest BCUT2D eigenvalue weighted by molar-refractivity contribution is -0.124. The van der Waals surface area contributed by atoms with Gasteiger partial charge < -0.3 is 5.32 Å². The van der Waals surface area contributed by atoms with E-state index in [-0.39, 0.29) is 24.5 Å². The Labute approximate surface area is 183 Å². The molecule has 31 heavy (non-hydrogen) atoms. The van der Waals surface area contributed by atoms with E-state index >= 15 is 0 Å². The summed E-state index contributed by atoms with van der Waals surface area (Å²) in [5, 5.41) is 11.3. The number of benzene rings is 3. The Morgan fingerprint density at radius 2 is 1.42 bits per heavy atom. The molecule has 0 saturated heterocycles. The van der Waals surface area contributed by atoms with Crippen molar-refractivity contribution in [3.05, 3.63) is 96.1 Å². The van der Waals surface area contributed by atoms with Gasteiger partial charge in [0.05, 0.1) is 23.5 Å². The maximum atomic E-state index is 12.8. The van der Waals surface area contributed by atoms with Gasteiger partial charge in [0, 0.05) is 0 Å². The summed E-state index contributed by atoms with van der Waals surface area (Å²) in [7, 11) is -3.52. The quantitative estimate of drug-likeness (QED) is 0.522. The topological polar surface area (TPSA) is 87.0 Å². The van der Waals surface area contributed by atoms with Crippen LogP contribution in [0, 0.1) is 17.2 Å². The number of carbonyl (C=O) groups is 1. The first-order valence-electron chi connectivity index (χ1n) is 10.0. The van der Waals surface area contributed by atoms with E-state index in [0.29, 0.717) is 5.56 Å². The van der Waals surface area contributed by atoms with Gasteiger partial charge in [0.2, 0.25) is 5.91 Å². The normalized spacial score (nSPS) is 12.0. The molecule has 0 radical (unpaired) electrons. The zero-order chi connectivity index (χ0) is 22.1. The SMILES string of the molecule is N#CCNC(=O)C(Cc1ccc(-c2ccccc2)cc1)CS(=O)(=O)Cc1ccccc1. The van der Waals surface area contributed by atoms with Crippen LogP contribution in [-0.2, 0) is 26.8 Å². The summed E-state index contributed by atoms with van der Waals surface area (Å²) in [6.45, 7) is -0.152. The fourth-order valence-corrected chi connectivity index (χ4v) is 5.14. The van der Waals surface area contributed by atoms with Crippen LogP contribution in [0.5, 0.6) is 0 Å². The van der Waals surface area contributed by atoms with Gasteiger partial charge in [-0.3, -0.25) is 4.79 Å². The van der Waals surface area contributed by atoms with Crippen LogP contribution >= 0.6 is 0 Å². The lowest BCUT2D eigenvalue weighted by atomic mass is 9.97. The molecule has 0 aliphatic rings. The molecule has 3 rings (SSSR count). The summed E-state index contributed by atoms with van der Waals surface area (Å²) in [6, 6.07) is 28.5. The number of hydrogen-bond acceptors (Lipinski definition) is 4. The zero-order valence-corrected chi connectivity index (χ0v) is 17.9. The number of nitriles is 1. The molecule has 0 saturated carbocycles. The summed E-state index contributed by atoms with van der Waals surface area (Å²) < 4.78 is 25.5. The highest BCUT2D eigenvalue weighted by Crippen LogP contribution is 2.21. The number of sulfone groups is 1. The van der Waals surface area contributed by atoms with Crippen molar-refractivity contribution in [2.45, 2.75) is 12.2 Å². The van der Waals surface area contributed by atoms with Crippen molar-refractivity contribution in [2.24, 2.45) is 5.92 Å². The second-order valence-corrected chi connectivity index (χ2v) is 9.49. The molecule has 0 fully saturated rings. The molecule has 158 valence electrons. The van der Waals surface area contributed by atoms with Gasteiger partial charge in [-0.2, -0.15) is 5.26 Å². The van der Waals surface area contributed by atoms with Gasteiger partial charge in [-0.05, 0) is 28.7 Å². The molecule has 0 aliphatic heterocycles. The predicted molar refractivity (Wildman–Crippen MR) is 122 cm³/mol. The minimum absolute atomic E-state index is 0.122. The number of hydrogen-bond donors (Lipinski definition) is 1. The van der Waals surface area contributed by atoms with Crippen molar-refractivity contribution in [1.82, 2.24) is 5.32 Å². The highest BCUT2D eigenvalue weighted by atomic mass is 32.2. The van der Waals surface area contributed by atoms with Crippen LogP contribution in [0.4, 0.5) is 0 Å². The summed E-state index contributed by atoms with van der Waals surface area (Å²) >= 11 is 0. The molecule has 5 nitrogen and oxygen atoms in total. The van der Waals surface area contributed by atoms with Crippen molar-refractivity contribution < 1.29 is 13.2 Å². The van der Waals surface area contributed by atoms with E-state index < -0.39 is 21.7 Å². The summed E-state index contributed by atoms with van der Waals surface area (Å²) in [5.74, 6) is -1.60. The third kappa shape index (κ3) is 6.80. The van der Waals surface area contributed by atoms with Crippen LogP contribution in [0.25, 0.3) is 11.1 Å². The summed E-state index contributed by atoms with van der Waals surface area (Å²) in [4.78, 5) is 12.6. The van der Waals surface area contributed by atoms with E-state index in [9.17, 15) is 13.2 Å². The van der Waals surface area contributed by atoms with Crippen LogP contribution in [0.15, 0.2) is 84.9 Å². The van der Waals surface area contributed by atoms with E-state index in [1.165, 1.54) is 0 Å². The molecule has 1 atom stereocenters. The molecule has 0 bridgehead atoms. The van der Waals surface area contributed by atoms with Crippen LogP contribution in [0.1, 0.15) is 11.1 Å². The number of carbonyl (C=O) groups excluding carboxylic acids is 1. The van der Waals surface area contributed by atoms with E-state index in [4.69, 9.17) is 5.26 Å². The second-order valence-electron chi connectivity index (χ2n) is 7.38. The molecule has 0 aromatic heterocycles. The average molecular weight is 433 g/mol. The van der Waals surface area contributed by atoms with E-state index in [2.05, 4.69) is 5.32 Å². The molecule has 0 aliphatic carbocycles. The Morgan fingerprint density at radius 3 is 2.03 bits per heavy atom. The minimum Gasteiger partial charge on any atom is -0.343 e. The van der Waals surface area contributed by atoms with Gasteiger partial charge in [-0.15, -0.1) is 0 Å². The first kappa shape index (κ1) is 22.3. The van der Waals surface area contributed by atoms with E-state index in [1.54, 1.807) is 24.3 Å². The molecule has 3 aromatic rings. The van der Waals surface area contributed by atoms with Crippen molar-refractivity contribution in [1.29, 1.82) is 5.26 Å². The molecule has 0 heterocycles. The van der Waals surface area contributed by atoms with Gasteiger partial charge >= 0.3 is 0 Å². The monoisotopic (exact) mass is 432 g/mol. The van der Waals surface area contributed by atoms with Crippen LogP contribution in [-0.4, -0.2) is 26.6 Å². The average Bonchev–Trinajstić information content (AvgIpc) is 2.78. The molecule has 1 amide bonds. The zero-order valence-electron chi connectivity index (χ0n) is 17.1. The molecule has 3 aromatic carbocycles. The Morgan fingerprint density at radius 1 is 0.839 bits per heavy atom. The van der Waals surface area contributed by atoms with Crippen molar-refractivity contribution >= 4 is 15.7 Å². The van der Waals surface area contributed by atoms with Crippen LogP contribution < -0.4 is 5.32 Å². The first-order valence-corrected chi connectivity index (χ1v) is 11.8. The van der Waals surface area contributed by atoms with Crippen molar-refractivity contribution in [3.63, 3.8) is 0 Å². The summed E-state index contributed by atoms with van der Waals surface area (Å²) in [6.07, 6.45) is 0.278. The molecule has 6 heteroatoms. The minimum atomic E-state index is -3.52. The van der Waals surface area contributed by atoms with Crippen LogP contribution in [0.3, 0.4) is 0 Å². The Hall–Kier alpha value is -3.43. The number of amides is 1. The molecule has 1 unspecified atom stereocenters. The Kier molecular flexibility index (Phi) is 7.58. The van der Waals surface area contributed by atoms with Gasteiger partial charge in [0.15, 0.2) is 9.84 Å². The molecule has 1 N–H and O–H groups in total. The predicted octanol–water partition coefficient (Wildman–Crippen LogP) is 3.77. The fraction of sp³-hybridized carbons (Fsp3) is 0.200. The van der Waals surface area contributed by atoms with Gasteiger partial charge in [0.1, 0.15) is 6.54 Å². The van der Waals surface area contributed by atoms with Crippen LogP contribution in [0.2, 0.25) is 0 Å². The highest BCUT2D eigenvalue weighted by Gasteiger charge is 2.26. The number of rotatable bonds is 9. The van der Waals surface area contributed by atoms with Crippen molar-refractivity contribution in [3.8, 4) is 17.2 Å². The second kappa shape index (κ2) is 10.6. The third-order valence-corrected chi connectivity index (χ3v) is 6.62. The van der Waals surface area contributed by atoms with Gasteiger partial charge in [-0.25, -0.2) is 8.42 Å². The molecular formula is C25H24N2O3S. The summed E-state index contributed by atoms with van der Waals surface area (Å²) in [5.41, 5.74) is 3.69. The van der Waals surface area contributed by atoms with Gasteiger partial charge in [0.25, 0.3) is 0 Å². The maximum absolute atomic E-state index is 12.8. The molecular weight excluding hydrogens is 408 g/mol. The largest absolute Gasteiger partial charge is 0.343 e. The number of nitrogens with zero attached hydrogens (tertiary/aromatic N) is 1. The Balaban J connectivity index is 1.75. The third-order valence-electron chi connectivity index (χ3n) is 4.94. The Bertz CT molecular complexity index is 1140. The lowest BCUT2D eigenvalue weighted by Gasteiger charge is -2.17. The molecule has 0 spiro atoms. The highest BCUT2D eigenvalue weighted by molar-refractivity contribution is 7.90. The van der Waals surface area contributed by atoms with Crippen molar-refractivity contribution in [2.75, 3.05) is 12.3 Å². The lowest BCUT2D eigenvalue weighted by Crippen LogP contribution is -2.36. The smallest absolute Gasteiger partial charge is 0.225 e. The maximum Gasteiger partial charge on any atom is 0.225 e. The van der Waals surface area contributed by atoms with E-state index in [0.717, 1.165) is 16.7 Å². The first-order chi connectivity index (χ1) is 15.0. The van der Waals surface area contributed by atoms with Gasteiger partial charge in [-0.1, -0.05) is 84.9 Å².